The van der Waals surface area contributed by atoms with Crippen LogP contribution in [0.1, 0.15) is 0 Å². The van der Waals surface area contributed by atoms with Crippen molar-refractivity contribution >= 4 is 32.6 Å². The molecule has 0 aliphatic rings. The molecule has 0 spiro atoms. The maximum absolute atomic E-state index is 5.41. The third kappa shape index (κ3) is 7.34. The van der Waals surface area contributed by atoms with Gasteiger partial charge in [0.2, 0.25) is 0 Å². The normalized spacial score (nSPS) is 11.3. The Labute approximate surface area is 382 Å². The molecule has 0 radical (unpaired) electrons. The summed E-state index contributed by atoms with van der Waals surface area (Å²) in [5.74, 6) is 0.662. The van der Waals surface area contributed by atoms with Gasteiger partial charge in [-0.3, -0.25) is 4.98 Å². The maximum atomic E-state index is 5.41. The van der Waals surface area contributed by atoms with E-state index in [2.05, 4.69) is 199 Å². The third-order valence-electron chi connectivity index (χ3n) is 12.4. The van der Waals surface area contributed by atoms with Crippen LogP contribution in [-0.2, 0) is 0 Å². The van der Waals surface area contributed by atoms with Gasteiger partial charge in [0.15, 0.2) is 5.82 Å². The van der Waals surface area contributed by atoms with Gasteiger partial charge in [0.05, 0.1) is 33.8 Å². The van der Waals surface area contributed by atoms with Crippen LogP contribution in [0.15, 0.2) is 237 Å². The lowest BCUT2D eigenvalue weighted by Gasteiger charge is -2.14. The van der Waals surface area contributed by atoms with Crippen LogP contribution in [0.5, 0.6) is 0 Å². The zero-order chi connectivity index (χ0) is 43.8. The average Bonchev–Trinajstić information content (AvgIpc) is 3.41. The predicted molar refractivity (Wildman–Crippen MR) is 271 cm³/mol. The summed E-state index contributed by atoms with van der Waals surface area (Å²) < 4.78 is 0. The van der Waals surface area contributed by atoms with Crippen molar-refractivity contribution in [1.29, 1.82) is 0 Å². The molecular weight excluding hydrogens is 803 g/mol. The molecule has 0 aliphatic heterocycles. The number of hydrogen-bond donors (Lipinski definition) is 0. The molecule has 0 fully saturated rings. The van der Waals surface area contributed by atoms with Crippen LogP contribution in [0.4, 0.5) is 0 Å². The molecule has 0 aliphatic carbocycles. The molecular formula is C61H39N5. The van der Waals surface area contributed by atoms with Crippen molar-refractivity contribution in [3.05, 3.63) is 237 Å². The van der Waals surface area contributed by atoms with Gasteiger partial charge in [-0.2, -0.15) is 0 Å². The molecule has 8 aromatic carbocycles. The Morgan fingerprint density at radius 3 is 1.55 bits per heavy atom. The summed E-state index contributed by atoms with van der Waals surface area (Å²) in [6.45, 7) is 0. The highest BCUT2D eigenvalue weighted by atomic mass is 14.9. The van der Waals surface area contributed by atoms with E-state index in [9.17, 15) is 0 Å². The summed E-state index contributed by atoms with van der Waals surface area (Å²) in [5, 5.41) is 4.38. The van der Waals surface area contributed by atoms with Gasteiger partial charge in [-0.05, 0) is 63.5 Å². The highest BCUT2D eigenvalue weighted by Gasteiger charge is 2.16. The first-order valence-electron chi connectivity index (χ1n) is 22.1. The predicted octanol–water partition coefficient (Wildman–Crippen LogP) is 15.5. The molecule has 0 saturated heterocycles. The molecule has 66 heavy (non-hydrogen) atoms. The van der Waals surface area contributed by atoms with E-state index in [1.54, 1.807) is 0 Å². The number of rotatable bonds is 8. The van der Waals surface area contributed by atoms with Gasteiger partial charge in [-0.25, -0.2) is 19.9 Å². The van der Waals surface area contributed by atoms with Gasteiger partial charge in [-0.1, -0.05) is 194 Å². The van der Waals surface area contributed by atoms with Gasteiger partial charge >= 0.3 is 0 Å². The van der Waals surface area contributed by atoms with Crippen LogP contribution in [0.2, 0.25) is 0 Å². The summed E-state index contributed by atoms with van der Waals surface area (Å²) in [6, 6.07) is 78.3. The zero-order valence-corrected chi connectivity index (χ0v) is 35.8. The van der Waals surface area contributed by atoms with E-state index in [4.69, 9.17) is 19.9 Å². The monoisotopic (exact) mass is 841 g/mol. The minimum atomic E-state index is 0.662. The van der Waals surface area contributed by atoms with E-state index in [0.29, 0.717) is 5.82 Å². The summed E-state index contributed by atoms with van der Waals surface area (Å²) in [5.41, 5.74) is 17.0. The summed E-state index contributed by atoms with van der Waals surface area (Å²) in [6.07, 6.45) is 3.85. The first-order valence-corrected chi connectivity index (χ1v) is 22.1. The van der Waals surface area contributed by atoms with Crippen molar-refractivity contribution in [2.24, 2.45) is 0 Å². The zero-order valence-electron chi connectivity index (χ0n) is 35.8. The summed E-state index contributed by atoms with van der Waals surface area (Å²) >= 11 is 0. The molecule has 12 rings (SSSR count). The van der Waals surface area contributed by atoms with Crippen LogP contribution < -0.4 is 0 Å². The van der Waals surface area contributed by atoms with E-state index >= 15 is 0 Å². The molecule has 0 unspecified atom stereocenters. The van der Waals surface area contributed by atoms with Crippen LogP contribution in [0.25, 0.3) is 122 Å². The largest absolute Gasteiger partial charge is 0.263 e. The standard InChI is InChI=1S/C61H39N5/c1-4-14-41(15-5-1)53-36-56(64-60-52(53)32-30-45-31-33-55(63-59(45)60)42-16-6-2-7-17-42)48-23-12-21-46(34-48)40-26-28-44(29-27-40)58-37-57(43-18-8-3-9-19-43)65-61(66-58)49-24-13-22-47(35-49)54-39-62-38-50-20-10-11-25-51(50)54/h1-39H. The van der Waals surface area contributed by atoms with Crippen molar-refractivity contribution in [3.63, 3.8) is 0 Å². The second-order valence-electron chi connectivity index (χ2n) is 16.5. The molecule has 308 valence electrons. The van der Waals surface area contributed by atoms with Crippen molar-refractivity contribution in [2.45, 2.75) is 0 Å². The van der Waals surface area contributed by atoms with Gasteiger partial charge in [0, 0.05) is 61.9 Å². The fourth-order valence-corrected chi connectivity index (χ4v) is 8.99. The van der Waals surface area contributed by atoms with Crippen molar-refractivity contribution in [2.75, 3.05) is 0 Å². The Hall–Kier alpha value is -8.93. The fourth-order valence-electron chi connectivity index (χ4n) is 8.99. The highest BCUT2D eigenvalue weighted by molar-refractivity contribution is 6.09. The SMILES string of the molecule is c1ccc(-c2cc(-c3ccc(-c4cccc(-c5cc(-c6ccccc6)c6ccc7ccc(-c8ccccc8)nc7c6n5)c4)cc3)nc(-c3cccc(-c4cncc5ccccc45)c3)n2)cc1. The van der Waals surface area contributed by atoms with Crippen molar-refractivity contribution in [1.82, 2.24) is 24.9 Å². The maximum Gasteiger partial charge on any atom is 0.160 e. The van der Waals surface area contributed by atoms with Gasteiger partial charge in [0.1, 0.15) is 0 Å². The topological polar surface area (TPSA) is 64.5 Å². The Morgan fingerprint density at radius 1 is 0.242 bits per heavy atom. The van der Waals surface area contributed by atoms with Crippen LogP contribution in [0, 0.1) is 0 Å². The fraction of sp³-hybridized carbons (Fsp3) is 0. The third-order valence-corrected chi connectivity index (χ3v) is 12.4. The van der Waals surface area contributed by atoms with Crippen molar-refractivity contribution < 1.29 is 0 Å². The number of nitrogens with zero attached hydrogens (tertiary/aromatic N) is 5. The lowest BCUT2D eigenvalue weighted by atomic mass is 9.95. The summed E-state index contributed by atoms with van der Waals surface area (Å²) in [4.78, 5) is 25.6. The molecule has 0 bridgehead atoms. The first-order chi connectivity index (χ1) is 32.7. The Kier molecular flexibility index (Phi) is 9.77. The highest BCUT2D eigenvalue weighted by Crippen LogP contribution is 2.38. The molecule has 0 amide bonds. The number of hydrogen-bond acceptors (Lipinski definition) is 5. The Bertz CT molecular complexity index is 3730. The molecule has 0 N–H and O–H groups in total. The Morgan fingerprint density at radius 2 is 0.788 bits per heavy atom. The lowest BCUT2D eigenvalue weighted by molar-refractivity contribution is 1.18. The van der Waals surface area contributed by atoms with E-state index in [1.807, 2.05) is 42.7 Å². The van der Waals surface area contributed by atoms with Crippen LogP contribution in [0.3, 0.4) is 0 Å². The van der Waals surface area contributed by atoms with Gasteiger partial charge < -0.3 is 0 Å². The molecule has 0 saturated carbocycles. The molecule has 4 heterocycles. The molecule has 12 aromatic rings. The summed E-state index contributed by atoms with van der Waals surface area (Å²) in [7, 11) is 0. The average molecular weight is 842 g/mol. The number of benzene rings is 8. The number of pyridine rings is 3. The van der Waals surface area contributed by atoms with E-state index in [0.717, 1.165) is 117 Å². The van der Waals surface area contributed by atoms with E-state index < -0.39 is 0 Å². The van der Waals surface area contributed by atoms with Crippen LogP contribution in [-0.4, -0.2) is 24.9 Å². The minimum absolute atomic E-state index is 0.662. The molecule has 0 atom stereocenters. The smallest absolute Gasteiger partial charge is 0.160 e. The Balaban J connectivity index is 0.927. The second-order valence-corrected chi connectivity index (χ2v) is 16.5. The van der Waals surface area contributed by atoms with Gasteiger partial charge in [0.25, 0.3) is 0 Å². The molecule has 5 heteroatoms. The van der Waals surface area contributed by atoms with Crippen molar-refractivity contribution in [3.8, 4) is 89.8 Å². The van der Waals surface area contributed by atoms with Gasteiger partial charge in [-0.15, -0.1) is 0 Å². The van der Waals surface area contributed by atoms with E-state index in [-0.39, 0.29) is 0 Å². The first kappa shape index (κ1) is 38.7. The minimum Gasteiger partial charge on any atom is -0.263 e. The second kappa shape index (κ2) is 16.6. The van der Waals surface area contributed by atoms with Crippen LogP contribution >= 0.6 is 0 Å². The molecule has 5 nitrogen and oxygen atoms in total. The molecule has 4 aromatic heterocycles. The lowest BCUT2D eigenvalue weighted by Crippen LogP contribution is -1.96. The number of fused-ring (bicyclic) bond motifs is 4. The quantitative estimate of drug-likeness (QED) is 0.143. The van der Waals surface area contributed by atoms with E-state index in [1.165, 1.54) is 0 Å². The number of aromatic nitrogens is 5.